The summed E-state index contributed by atoms with van der Waals surface area (Å²) < 4.78 is 9.84. The third-order valence-corrected chi connectivity index (χ3v) is 8.05. The topological polar surface area (TPSA) is 68.4 Å². The van der Waals surface area contributed by atoms with Crippen molar-refractivity contribution in [1.82, 2.24) is 24.5 Å². The van der Waals surface area contributed by atoms with Crippen LogP contribution in [0.3, 0.4) is 0 Å². The molecule has 0 radical (unpaired) electrons. The zero-order valence-electron chi connectivity index (χ0n) is 21.0. The maximum atomic E-state index is 12.3. The van der Waals surface area contributed by atoms with E-state index in [1.807, 2.05) is 22.8 Å². The van der Waals surface area contributed by atoms with Crippen LogP contribution in [-0.2, 0) is 36.0 Å². The number of hydrogen-bond donors (Lipinski definition) is 0. The maximum Gasteiger partial charge on any atom is 0.219 e. The van der Waals surface area contributed by atoms with E-state index in [2.05, 4.69) is 39.8 Å². The summed E-state index contributed by atoms with van der Waals surface area (Å²) in [6.07, 6.45) is 6.95. The summed E-state index contributed by atoms with van der Waals surface area (Å²) in [5, 5.41) is 9.70. The minimum Gasteiger partial charge on any atom is -0.381 e. The lowest BCUT2D eigenvalue weighted by molar-refractivity contribution is -0.129. The molecule has 35 heavy (non-hydrogen) atoms. The van der Waals surface area contributed by atoms with Crippen LogP contribution in [0.4, 0.5) is 11.5 Å². The van der Waals surface area contributed by atoms with Gasteiger partial charge in [0, 0.05) is 74.9 Å². The van der Waals surface area contributed by atoms with Gasteiger partial charge in [-0.05, 0) is 55.9 Å². The number of ether oxygens (including phenoxy) is 1. The van der Waals surface area contributed by atoms with Crippen LogP contribution in [0, 0.1) is 6.92 Å². The predicted molar refractivity (Wildman–Crippen MR) is 135 cm³/mol. The molecule has 0 saturated carbocycles. The molecule has 1 amide bonds. The fourth-order valence-electron chi connectivity index (χ4n) is 5.91. The molecule has 1 fully saturated rings. The Morgan fingerprint density at radius 3 is 2.71 bits per heavy atom. The van der Waals surface area contributed by atoms with Gasteiger partial charge in [-0.2, -0.15) is 10.2 Å². The van der Waals surface area contributed by atoms with E-state index in [4.69, 9.17) is 9.84 Å². The van der Waals surface area contributed by atoms with E-state index >= 15 is 0 Å². The fourth-order valence-corrected chi connectivity index (χ4v) is 5.91. The second kappa shape index (κ2) is 8.82. The van der Waals surface area contributed by atoms with Crippen molar-refractivity contribution in [3.8, 4) is 11.1 Å². The first-order valence-corrected chi connectivity index (χ1v) is 12.8. The molecule has 3 aromatic rings. The van der Waals surface area contributed by atoms with E-state index in [9.17, 15) is 4.79 Å². The van der Waals surface area contributed by atoms with E-state index in [0.717, 1.165) is 64.2 Å². The average Bonchev–Trinajstić information content (AvgIpc) is 3.43. The Kier molecular flexibility index (Phi) is 5.63. The number of anilines is 2. The molecule has 0 atom stereocenters. The van der Waals surface area contributed by atoms with E-state index in [1.165, 1.54) is 39.3 Å². The van der Waals surface area contributed by atoms with Gasteiger partial charge >= 0.3 is 0 Å². The smallest absolute Gasteiger partial charge is 0.219 e. The van der Waals surface area contributed by atoms with Crippen LogP contribution in [-0.4, -0.2) is 56.7 Å². The Morgan fingerprint density at radius 1 is 1.14 bits per heavy atom. The zero-order chi connectivity index (χ0) is 24.1. The number of carbonyl (C=O) groups excluding carboxylic acids is 1. The third-order valence-electron chi connectivity index (χ3n) is 8.05. The van der Waals surface area contributed by atoms with Gasteiger partial charge in [-0.15, -0.1) is 0 Å². The van der Waals surface area contributed by atoms with Gasteiger partial charge in [0.05, 0.1) is 18.8 Å². The first-order valence-electron chi connectivity index (χ1n) is 12.8. The first-order chi connectivity index (χ1) is 17.0. The van der Waals surface area contributed by atoms with Crippen LogP contribution in [0.15, 0.2) is 24.4 Å². The second-order valence-electron chi connectivity index (χ2n) is 10.1. The van der Waals surface area contributed by atoms with Crippen molar-refractivity contribution >= 4 is 17.4 Å². The van der Waals surface area contributed by atoms with E-state index < -0.39 is 0 Å². The molecule has 6 rings (SSSR count). The fraction of sp³-hybridized carbons (Fsp3) is 0.519. The molecule has 5 heterocycles. The maximum absolute atomic E-state index is 12.3. The molecule has 8 nitrogen and oxygen atoms in total. The number of fused-ring (bicyclic) bond motifs is 2. The highest BCUT2D eigenvalue weighted by Gasteiger charge is 2.33. The Bertz CT molecular complexity index is 1270. The van der Waals surface area contributed by atoms with Gasteiger partial charge < -0.3 is 14.5 Å². The first kappa shape index (κ1) is 22.3. The van der Waals surface area contributed by atoms with Gasteiger partial charge in [-0.3, -0.25) is 14.2 Å². The average molecular weight is 475 g/mol. The molecule has 8 heteroatoms. The van der Waals surface area contributed by atoms with Crippen LogP contribution >= 0.6 is 0 Å². The van der Waals surface area contributed by atoms with Crippen LogP contribution in [0.5, 0.6) is 0 Å². The minimum absolute atomic E-state index is 0.135. The number of rotatable bonds is 3. The molecular formula is C27H34N6O2. The molecule has 0 N–H and O–H groups in total. The third kappa shape index (κ3) is 3.84. The molecule has 0 spiro atoms. The summed E-state index contributed by atoms with van der Waals surface area (Å²) in [5.74, 6) is 1.17. The number of benzene rings is 1. The molecule has 0 unspecified atom stereocenters. The molecule has 2 aromatic heterocycles. The van der Waals surface area contributed by atoms with Crippen molar-refractivity contribution < 1.29 is 9.53 Å². The van der Waals surface area contributed by atoms with Crippen LogP contribution in [0.25, 0.3) is 11.1 Å². The number of aryl methyl sites for hydroxylation is 2. The van der Waals surface area contributed by atoms with Crippen LogP contribution < -0.4 is 4.90 Å². The van der Waals surface area contributed by atoms with Crippen LogP contribution in [0.1, 0.15) is 54.7 Å². The highest BCUT2D eigenvalue weighted by atomic mass is 16.5. The van der Waals surface area contributed by atoms with Crippen molar-refractivity contribution in [2.45, 2.75) is 58.5 Å². The Labute approximate surface area is 206 Å². The van der Waals surface area contributed by atoms with Crippen molar-refractivity contribution in [2.75, 3.05) is 31.2 Å². The molecule has 1 aromatic carbocycles. The Morgan fingerprint density at radius 2 is 1.97 bits per heavy atom. The summed E-state index contributed by atoms with van der Waals surface area (Å²) in [6.45, 7) is 7.71. The number of amides is 1. The SMILES string of the molecule is CC(=O)N1CCc2c(c(N3CCCc4cc(-c5cnn(C)c5C)ccc43)nn2C2CCOCC2)C1. The standard InChI is InChI=1S/C27H34N6O2/c1-18-23(16-28-30(18)3)20-6-7-25-21(15-20)5-4-11-32(25)27-24-17-31(19(2)34)12-8-26(24)33(29-27)22-9-13-35-14-10-22/h6-7,15-16,22H,4-5,8-14,17H2,1-3H3. The largest absolute Gasteiger partial charge is 0.381 e. The number of carbonyl (C=O) groups is 1. The summed E-state index contributed by atoms with van der Waals surface area (Å²) in [4.78, 5) is 16.6. The quantitative estimate of drug-likeness (QED) is 0.575. The molecule has 184 valence electrons. The minimum atomic E-state index is 0.135. The summed E-state index contributed by atoms with van der Waals surface area (Å²) >= 11 is 0. The lowest BCUT2D eigenvalue weighted by Crippen LogP contribution is -2.36. The van der Waals surface area contributed by atoms with E-state index in [-0.39, 0.29) is 5.91 Å². The predicted octanol–water partition coefficient (Wildman–Crippen LogP) is 3.93. The van der Waals surface area contributed by atoms with Crippen molar-refractivity contribution in [2.24, 2.45) is 7.05 Å². The Balaban J connectivity index is 1.41. The highest BCUT2D eigenvalue weighted by Crippen LogP contribution is 2.40. The van der Waals surface area contributed by atoms with Gasteiger partial charge in [-0.25, -0.2) is 0 Å². The molecular weight excluding hydrogens is 440 g/mol. The summed E-state index contributed by atoms with van der Waals surface area (Å²) in [6, 6.07) is 7.16. The second-order valence-corrected chi connectivity index (χ2v) is 10.1. The highest BCUT2D eigenvalue weighted by molar-refractivity contribution is 5.76. The van der Waals surface area contributed by atoms with E-state index in [1.54, 1.807) is 6.92 Å². The van der Waals surface area contributed by atoms with Gasteiger partial charge in [0.2, 0.25) is 5.91 Å². The molecule has 0 aliphatic carbocycles. The van der Waals surface area contributed by atoms with Gasteiger partial charge in [-0.1, -0.05) is 6.07 Å². The lowest BCUT2D eigenvalue weighted by atomic mass is 9.96. The van der Waals surface area contributed by atoms with Crippen molar-refractivity contribution in [3.63, 3.8) is 0 Å². The van der Waals surface area contributed by atoms with Gasteiger partial charge in [0.15, 0.2) is 5.82 Å². The lowest BCUT2D eigenvalue weighted by Gasteiger charge is -2.32. The molecule has 3 aliphatic heterocycles. The van der Waals surface area contributed by atoms with Gasteiger partial charge in [0.1, 0.15) is 0 Å². The number of aromatic nitrogens is 4. The number of nitrogens with zero attached hydrogens (tertiary/aromatic N) is 6. The zero-order valence-corrected chi connectivity index (χ0v) is 21.0. The Hall–Kier alpha value is -3.13. The summed E-state index contributed by atoms with van der Waals surface area (Å²) in [5.41, 5.74) is 8.69. The van der Waals surface area contributed by atoms with Crippen molar-refractivity contribution in [1.29, 1.82) is 0 Å². The summed E-state index contributed by atoms with van der Waals surface area (Å²) in [7, 11) is 1.99. The van der Waals surface area contributed by atoms with Gasteiger partial charge in [0.25, 0.3) is 0 Å². The van der Waals surface area contributed by atoms with Crippen molar-refractivity contribution in [3.05, 3.63) is 46.9 Å². The molecule has 3 aliphatic rings. The number of hydrogen-bond acceptors (Lipinski definition) is 5. The normalized spacial score (nSPS) is 18.5. The monoisotopic (exact) mass is 474 g/mol. The van der Waals surface area contributed by atoms with Crippen LogP contribution in [0.2, 0.25) is 0 Å². The molecule has 1 saturated heterocycles. The van der Waals surface area contributed by atoms with E-state index in [0.29, 0.717) is 12.6 Å². The molecule has 0 bridgehead atoms.